The molecule has 1 amide bonds. The standard InChI is InChI=1S/C21H22Cl2N4OS/c1-26-17-8-7-16(22)19(23)15(17)13-18(26)20(28)25-21(14-5-3-2-4-6-14)9-11-27(29-24)12-10-21/h2-8,13H,9-12,24H2,1H3,(H,25,28). The van der Waals surface area contributed by atoms with Crippen molar-refractivity contribution in [3.05, 3.63) is 69.8 Å². The number of carbonyl (C=O) groups is 1. The molecule has 1 aliphatic rings. The van der Waals surface area contributed by atoms with E-state index in [1.54, 1.807) is 6.07 Å². The van der Waals surface area contributed by atoms with E-state index in [9.17, 15) is 4.79 Å². The highest BCUT2D eigenvalue weighted by molar-refractivity contribution is 7.94. The molecule has 0 spiro atoms. The van der Waals surface area contributed by atoms with Gasteiger partial charge in [-0.2, -0.15) is 0 Å². The molecule has 3 N–H and O–H groups in total. The van der Waals surface area contributed by atoms with Crippen molar-refractivity contribution in [1.82, 2.24) is 14.2 Å². The highest BCUT2D eigenvalue weighted by Gasteiger charge is 2.38. The van der Waals surface area contributed by atoms with Gasteiger partial charge in [0.15, 0.2) is 0 Å². The van der Waals surface area contributed by atoms with Crippen LogP contribution in [0.5, 0.6) is 0 Å². The first-order chi connectivity index (χ1) is 13.9. The van der Waals surface area contributed by atoms with Gasteiger partial charge in [-0.1, -0.05) is 53.5 Å². The second kappa shape index (κ2) is 8.20. The summed E-state index contributed by atoms with van der Waals surface area (Å²) >= 11 is 13.8. The summed E-state index contributed by atoms with van der Waals surface area (Å²) in [4.78, 5) is 13.4. The predicted molar refractivity (Wildman–Crippen MR) is 121 cm³/mol. The lowest BCUT2D eigenvalue weighted by atomic mass is 9.81. The molecule has 4 rings (SSSR count). The summed E-state index contributed by atoms with van der Waals surface area (Å²) in [5, 5.41) is 10.8. The summed E-state index contributed by atoms with van der Waals surface area (Å²) in [5.74, 6) is -0.131. The van der Waals surface area contributed by atoms with Crippen molar-refractivity contribution in [2.45, 2.75) is 18.4 Å². The normalized spacial score (nSPS) is 16.8. The number of benzene rings is 2. The molecule has 0 atom stereocenters. The highest BCUT2D eigenvalue weighted by Crippen LogP contribution is 2.36. The fraction of sp³-hybridized carbons (Fsp3) is 0.286. The van der Waals surface area contributed by atoms with E-state index in [4.69, 9.17) is 28.3 Å². The van der Waals surface area contributed by atoms with Crippen LogP contribution in [0.25, 0.3) is 10.9 Å². The van der Waals surface area contributed by atoms with Crippen molar-refractivity contribution in [3.63, 3.8) is 0 Å². The Morgan fingerprint density at radius 2 is 1.83 bits per heavy atom. The van der Waals surface area contributed by atoms with Crippen LogP contribution in [-0.4, -0.2) is 27.9 Å². The summed E-state index contributed by atoms with van der Waals surface area (Å²) in [7, 11) is 1.87. The maximum atomic E-state index is 13.4. The van der Waals surface area contributed by atoms with E-state index in [0.29, 0.717) is 15.7 Å². The summed E-state index contributed by atoms with van der Waals surface area (Å²) in [5.41, 5.74) is 2.08. The molecule has 2 aromatic carbocycles. The Kier molecular flexibility index (Phi) is 5.82. The third kappa shape index (κ3) is 3.76. The molecule has 0 bridgehead atoms. The van der Waals surface area contributed by atoms with E-state index in [2.05, 4.69) is 21.8 Å². The highest BCUT2D eigenvalue weighted by atomic mass is 35.5. The number of fused-ring (bicyclic) bond motifs is 1. The lowest BCUT2D eigenvalue weighted by Crippen LogP contribution is -2.52. The molecular formula is C21H22Cl2N4OS. The summed E-state index contributed by atoms with van der Waals surface area (Å²) in [6.07, 6.45) is 1.56. The zero-order chi connectivity index (χ0) is 20.6. The average Bonchev–Trinajstić information content (AvgIpc) is 3.09. The molecule has 8 heteroatoms. The second-order valence-electron chi connectivity index (χ2n) is 7.32. The van der Waals surface area contributed by atoms with Crippen LogP contribution in [0.3, 0.4) is 0 Å². The minimum absolute atomic E-state index is 0.131. The fourth-order valence-electron chi connectivity index (χ4n) is 4.06. The first kappa shape index (κ1) is 20.6. The quantitative estimate of drug-likeness (QED) is 0.566. The molecule has 0 aliphatic carbocycles. The van der Waals surface area contributed by atoms with Crippen molar-refractivity contribution in [2.24, 2.45) is 12.2 Å². The number of carbonyl (C=O) groups excluding carboxylic acids is 1. The number of nitrogens with zero attached hydrogens (tertiary/aromatic N) is 2. The number of halogens is 2. The van der Waals surface area contributed by atoms with Crippen LogP contribution in [0.15, 0.2) is 48.5 Å². The van der Waals surface area contributed by atoms with Gasteiger partial charge in [0.25, 0.3) is 5.91 Å². The molecule has 0 saturated carbocycles. The predicted octanol–water partition coefficient (Wildman–Crippen LogP) is 4.73. The Bertz CT molecular complexity index is 1050. The lowest BCUT2D eigenvalue weighted by molar-refractivity contribution is 0.0846. The molecule has 3 aromatic rings. The van der Waals surface area contributed by atoms with E-state index < -0.39 is 5.54 Å². The average molecular weight is 449 g/mol. The number of aryl methyl sites for hydroxylation is 1. The zero-order valence-electron chi connectivity index (χ0n) is 16.0. The van der Waals surface area contributed by atoms with E-state index in [0.717, 1.165) is 42.4 Å². The lowest BCUT2D eigenvalue weighted by Gasteiger charge is -2.42. The van der Waals surface area contributed by atoms with Gasteiger partial charge >= 0.3 is 0 Å². The topological polar surface area (TPSA) is 63.3 Å². The van der Waals surface area contributed by atoms with Gasteiger partial charge in [-0.15, -0.1) is 0 Å². The molecule has 29 heavy (non-hydrogen) atoms. The Balaban J connectivity index is 1.70. The Morgan fingerprint density at radius 3 is 2.48 bits per heavy atom. The number of piperidine rings is 1. The monoisotopic (exact) mass is 448 g/mol. The number of aromatic nitrogens is 1. The summed E-state index contributed by atoms with van der Waals surface area (Å²) < 4.78 is 3.97. The Hall–Kier alpha value is -1.70. The van der Waals surface area contributed by atoms with Crippen LogP contribution >= 0.6 is 35.3 Å². The third-order valence-corrected chi connectivity index (χ3v) is 7.23. The van der Waals surface area contributed by atoms with Crippen molar-refractivity contribution < 1.29 is 4.79 Å². The first-order valence-electron chi connectivity index (χ1n) is 9.38. The molecule has 0 radical (unpaired) electrons. The number of rotatable bonds is 4. The van der Waals surface area contributed by atoms with E-state index in [1.807, 2.05) is 41.9 Å². The number of hydrogen-bond acceptors (Lipinski definition) is 4. The van der Waals surface area contributed by atoms with Gasteiger partial charge in [-0.3, -0.25) is 9.93 Å². The third-order valence-electron chi connectivity index (χ3n) is 5.75. The van der Waals surface area contributed by atoms with Crippen LogP contribution in [0.1, 0.15) is 28.9 Å². The summed E-state index contributed by atoms with van der Waals surface area (Å²) in [6, 6.07) is 15.6. The number of nitrogens with one attached hydrogen (secondary N) is 1. The van der Waals surface area contributed by atoms with Crippen LogP contribution in [0.4, 0.5) is 0 Å². The van der Waals surface area contributed by atoms with Gasteiger partial charge in [0.1, 0.15) is 5.69 Å². The minimum atomic E-state index is -0.442. The van der Waals surface area contributed by atoms with Crippen LogP contribution in [0.2, 0.25) is 10.0 Å². The molecular weight excluding hydrogens is 427 g/mol. The van der Waals surface area contributed by atoms with E-state index in [-0.39, 0.29) is 5.91 Å². The molecule has 0 unspecified atom stereocenters. The molecule has 1 saturated heterocycles. The molecule has 1 aliphatic heterocycles. The van der Waals surface area contributed by atoms with Crippen LogP contribution in [0, 0.1) is 0 Å². The fourth-order valence-corrected chi connectivity index (χ4v) is 4.84. The molecule has 152 valence electrons. The van der Waals surface area contributed by atoms with Crippen molar-refractivity contribution in [3.8, 4) is 0 Å². The second-order valence-corrected chi connectivity index (χ2v) is 8.83. The molecule has 1 aromatic heterocycles. The largest absolute Gasteiger partial charge is 0.341 e. The van der Waals surface area contributed by atoms with Crippen molar-refractivity contribution >= 4 is 52.1 Å². The van der Waals surface area contributed by atoms with Gasteiger partial charge in [0.05, 0.1) is 15.6 Å². The van der Waals surface area contributed by atoms with E-state index >= 15 is 0 Å². The van der Waals surface area contributed by atoms with E-state index in [1.165, 1.54) is 12.1 Å². The Morgan fingerprint density at radius 1 is 1.14 bits per heavy atom. The van der Waals surface area contributed by atoms with Crippen molar-refractivity contribution in [1.29, 1.82) is 0 Å². The van der Waals surface area contributed by atoms with Crippen LogP contribution in [-0.2, 0) is 12.6 Å². The first-order valence-corrected chi connectivity index (χ1v) is 11.0. The van der Waals surface area contributed by atoms with Gasteiger partial charge in [0.2, 0.25) is 0 Å². The smallest absolute Gasteiger partial charge is 0.268 e. The zero-order valence-corrected chi connectivity index (χ0v) is 18.3. The molecule has 5 nitrogen and oxygen atoms in total. The van der Waals surface area contributed by atoms with Crippen LogP contribution < -0.4 is 10.5 Å². The number of amides is 1. The van der Waals surface area contributed by atoms with Crippen molar-refractivity contribution in [2.75, 3.05) is 13.1 Å². The maximum absolute atomic E-state index is 13.4. The molecule has 2 heterocycles. The number of hydrogen-bond donors (Lipinski definition) is 2. The Labute approximate surface area is 184 Å². The van der Waals surface area contributed by atoms with Gasteiger partial charge in [-0.25, -0.2) is 4.31 Å². The van der Waals surface area contributed by atoms with Gasteiger partial charge in [-0.05, 0) is 36.6 Å². The summed E-state index contributed by atoms with van der Waals surface area (Å²) in [6.45, 7) is 1.60. The maximum Gasteiger partial charge on any atom is 0.268 e. The van der Waals surface area contributed by atoms with Gasteiger partial charge in [0, 0.05) is 43.2 Å². The SMILES string of the molecule is Cn1c(C(=O)NC2(c3ccccc3)CCN(SN)CC2)cc2c(Cl)c(Cl)ccc21. The molecule has 1 fully saturated rings. The minimum Gasteiger partial charge on any atom is -0.341 e. The van der Waals surface area contributed by atoms with Gasteiger partial charge < -0.3 is 9.88 Å². The number of nitrogens with two attached hydrogens (primary N) is 1.